The van der Waals surface area contributed by atoms with Crippen LogP contribution in [0.4, 0.5) is 0 Å². The van der Waals surface area contributed by atoms with Crippen LogP contribution in [-0.4, -0.2) is 23.0 Å². The Hall–Kier alpha value is -0.0200. The molecule has 2 aliphatic rings. The van der Waals surface area contributed by atoms with Gasteiger partial charge in [-0.15, -0.1) is 11.8 Å². The Morgan fingerprint density at radius 3 is 3.00 bits per heavy atom. The van der Waals surface area contributed by atoms with Gasteiger partial charge in [0.2, 0.25) is 0 Å². The zero-order valence-corrected chi connectivity index (χ0v) is 9.78. The molecular formula is C11H20N2S. The van der Waals surface area contributed by atoms with Crippen molar-refractivity contribution >= 4 is 16.8 Å². The third-order valence-corrected chi connectivity index (χ3v) is 3.83. The van der Waals surface area contributed by atoms with Crippen molar-refractivity contribution in [1.29, 1.82) is 0 Å². The lowest BCUT2D eigenvalue weighted by molar-refractivity contribution is 0.578. The number of rotatable bonds is 6. The van der Waals surface area contributed by atoms with E-state index in [2.05, 4.69) is 12.2 Å². The molecular weight excluding hydrogens is 192 g/mol. The van der Waals surface area contributed by atoms with Gasteiger partial charge in [-0.05, 0) is 25.7 Å². The largest absolute Gasteiger partial charge is 0.292 e. The predicted octanol–water partition coefficient (Wildman–Crippen LogP) is 2.79. The average Bonchev–Trinajstić information content (AvgIpc) is 2.87. The van der Waals surface area contributed by atoms with E-state index in [1.807, 2.05) is 11.8 Å². The molecule has 0 saturated heterocycles. The van der Waals surface area contributed by atoms with Crippen LogP contribution >= 0.6 is 11.8 Å². The van der Waals surface area contributed by atoms with Crippen LogP contribution in [0.3, 0.4) is 0 Å². The molecule has 1 saturated carbocycles. The van der Waals surface area contributed by atoms with Gasteiger partial charge >= 0.3 is 0 Å². The van der Waals surface area contributed by atoms with Gasteiger partial charge in [-0.1, -0.05) is 19.8 Å². The highest BCUT2D eigenvalue weighted by molar-refractivity contribution is 8.14. The van der Waals surface area contributed by atoms with Crippen molar-refractivity contribution in [3.05, 3.63) is 0 Å². The minimum absolute atomic E-state index is 0.434. The van der Waals surface area contributed by atoms with E-state index in [-0.39, 0.29) is 0 Å². The Labute approximate surface area is 90.9 Å². The molecule has 1 heterocycles. The fraction of sp³-hybridized carbons (Fsp3) is 0.909. The SMILES string of the molecule is CCCCCC1=NC(NC2CC2)CS1. The third kappa shape index (κ3) is 3.28. The lowest BCUT2D eigenvalue weighted by atomic mass is 10.2. The van der Waals surface area contributed by atoms with Gasteiger partial charge in [0.25, 0.3) is 0 Å². The second-order valence-corrected chi connectivity index (χ2v) is 5.34. The Kier molecular flexibility index (Phi) is 3.88. The second kappa shape index (κ2) is 5.17. The molecule has 2 rings (SSSR count). The molecule has 1 fully saturated rings. The Balaban J connectivity index is 1.66. The molecule has 1 aliphatic heterocycles. The lowest BCUT2D eigenvalue weighted by Gasteiger charge is -2.05. The van der Waals surface area contributed by atoms with Crippen LogP contribution in [0.1, 0.15) is 45.4 Å². The second-order valence-electron chi connectivity index (χ2n) is 4.25. The molecule has 1 unspecified atom stereocenters. The zero-order valence-electron chi connectivity index (χ0n) is 8.96. The summed E-state index contributed by atoms with van der Waals surface area (Å²) in [6.45, 7) is 2.25. The van der Waals surface area contributed by atoms with E-state index in [0.29, 0.717) is 6.17 Å². The van der Waals surface area contributed by atoms with Crippen LogP contribution in [0, 0.1) is 0 Å². The Morgan fingerprint density at radius 2 is 2.29 bits per heavy atom. The zero-order chi connectivity index (χ0) is 9.80. The first-order chi connectivity index (χ1) is 6.88. The van der Waals surface area contributed by atoms with Crippen molar-refractivity contribution in [3.8, 4) is 0 Å². The van der Waals surface area contributed by atoms with Crippen molar-refractivity contribution in [2.75, 3.05) is 5.75 Å². The number of thioether (sulfide) groups is 1. The molecule has 1 aliphatic carbocycles. The van der Waals surface area contributed by atoms with E-state index in [1.54, 1.807) is 0 Å². The monoisotopic (exact) mass is 212 g/mol. The predicted molar refractivity (Wildman–Crippen MR) is 64.0 cm³/mol. The molecule has 0 aromatic heterocycles. The summed E-state index contributed by atoms with van der Waals surface area (Å²) in [5.41, 5.74) is 0. The molecule has 0 amide bonds. The van der Waals surface area contributed by atoms with E-state index in [0.717, 1.165) is 11.8 Å². The lowest BCUT2D eigenvalue weighted by Crippen LogP contribution is -2.29. The van der Waals surface area contributed by atoms with Gasteiger partial charge in [0, 0.05) is 11.8 Å². The standard InChI is InChI=1S/C11H20N2S/c1-2-3-4-5-11-13-10(8-14-11)12-9-6-7-9/h9-10,12H,2-8H2,1H3. The summed E-state index contributed by atoms with van der Waals surface area (Å²) in [5.74, 6) is 1.16. The van der Waals surface area contributed by atoms with Crippen molar-refractivity contribution in [2.24, 2.45) is 4.99 Å². The highest BCUT2D eigenvalue weighted by atomic mass is 32.2. The number of aliphatic imine (C=N–C) groups is 1. The van der Waals surface area contributed by atoms with E-state index < -0.39 is 0 Å². The van der Waals surface area contributed by atoms with Crippen LogP contribution in [-0.2, 0) is 0 Å². The van der Waals surface area contributed by atoms with Crippen LogP contribution in [0.2, 0.25) is 0 Å². The molecule has 0 spiro atoms. The summed E-state index contributed by atoms with van der Waals surface area (Å²) in [6, 6.07) is 0.791. The van der Waals surface area contributed by atoms with Crippen molar-refractivity contribution < 1.29 is 0 Å². The molecule has 0 aromatic rings. The fourth-order valence-corrected chi connectivity index (χ4v) is 2.71. The molecule has 80 valence electrons. The van der Waals surface area contributed by atoms with E-state index in [4.69, 9.17) is 4.99 Å². The summed E-state index contributed by atoms with van der Waals surface area (Å²) in [4.78, 5) is 4.71. The maximum Gasteiger partial charge on any atom is 0.110 e. The van der Waals surface area contributed by atoms with Crippen molar-refractivity contribution in [1.82, 2.24) is 5.32 Å². The normalized spacial score (nSPS) is 26.6. The highest BCUT2D eigenvalue weighted by Crippen LogP contribution is 2.25. The summed E-state index contributed by atoms with van der Waals surface area (Å²) >= 11 is 1.96. The van der Waals surface area contributed by atoms with E-state index in [9.17, 15) is 0 Å². The number of nitrogens with zero attached hydrogens (tertiary/aromatic N) is 1. The van der Waals surface area contributed by atoms with Gasteiger partial charge in [0.1, 0.15) is 6.17 Å². The minimum Gasteiger partial charge on any atom is -0.292 e. The quantitative estimate of drug-likeness (QED) is 0.685. The maximum absolute atomic E-state index is 4.71. The molecule has 2 nitrogen and oxygen atoms in total. The van der Waals surface area contributed by atoms with Crippen LogP contribution in [0.5, 0.6) is 0 Å². The smallest absolute Gasteiger partial charge is 0.110 e. The van der Waals surface area contributed by atoms with E-state index >= 15 is 0 Å². The van der Waals surface area contributed by atoms with E-state index in [1.165, 1.54) is 43.6 Å². The molecule has 0 radical (unpaired) electrons. The first kappa shape index (κ1) is 10.5. The van der Waals surface area contributed by atoms with Gasteiger partial charge in [-0.3, -0.25) is 10.3 Å². The van der Waals surface area contributed by atoms with Gasteiger partial charge in [-0.2, -0.15) is 0 Å². The number of nitrogens with one attached hydrogen (secondary N) is 1. The first-order valence-electron chi connectivity index (χ1n) is 5.84. The summed E-state index contributed by atoms with van der Waals surface area (Å²) in [5, 5.41) is 4.95. The number of unbranched alkanes of at least 4 members (excludes halogenated alkanes) is 2. The molecule has 1 N–H and O–H groups in total. The topological polar surface area (TPSA) is 24.4 Å². The highest BCUT2D eigenvalue weighted by Gasteiger charge is 2.26. The third-order valence-electron chi connectivity index (χ3n) is 2.71. The molecule has 1 atom stereocenters. The molecule has 0 bridgehead atoms. The van der Waals surface area contributed by atoms with Gasteiger partial charge in [-0.25, -0.2) is 0 Å². The van der Waals surface area contributed by atoms with Gasteiger partial charge < -0.3 is 0 Å². The summed E-state index contributed by atoms with van der Waals surface area (Å²) in [6.07, 6.45) is 8.34. The molecule has 3 heteroatoms. The molecule has 14 heavy (non-hydrogen) atoms. The fourth-order valence-electron chi connectivity index (χ4n) is 1.69. The Bertz CT molecular complexity index is 211. The van der Waals surface area contributed by atoms with Crippen molar-refractivity contribution in [3.63, 3.8) is 0 Å². The molecule has 0 aromatic carbocycles. The summed E-state index contributed by atoms with van der Waals surface area (Å²) < 4.78 is 0. The van der Waals surface area contributed by atoms with Gasteiger partial charge in [0.05, 0.1) is 5.04 Å². The summed E-state index contributed by atoms with van der Waals surface area (Å²) in [7, 11) is 0. The first-order valence-corrected chi connectivity index (χ1v) is 6.82. The number of hydrogen-bond acceptors (Lipinski definition) is 3. The minimum atomic E-state index is 0.434. The van der Waals surface area contributed by atoms with Gasteiger partial charge in [0.15, 0.2) is 0 Å². The van der Waals surface area contributed by atoms with Crippen LogP contribution < -0.4 is 5.32 Å². The average molecular weight is 212 g/mol. The Morgan fingerprint density at radius 1 is 1.43 bits per heavy atom. The van der Waals surface area contributed by atoms with Crippen LogP contribution in [0.15, 0.2) is 4.99 Å². The number of hydrogen-bond donors (Lipinski definition) is 1. The van der Waals surface area contributed by atoms with Crippen molar-refractivity contribution in [2.45, 2.75) is 57.7 Å². The van der Waals surface area contributed by atoms with Crippen LogP contribution in [0.25, 0.3) is 0 Å². The maximum atomic E-state index is 4.71.